The maximum Gasteiger partial charge on any atom is 0.0741 e. The van der Waals surface area contributed by atoms with E-state index in [1.54, 1.807) is 0 Å². The molecule has 0 aliphatic carbocycles. The molecule has 1 rings (SSSR count). The fourth-order valence-electron chi connectivity index (χ4n) is 1.00. The van der Waals surface area contributed by atoms with Crippen LogP contribution < -0.4 is 0 Å². The second-order valence-electron chi connectivity index (χ2n) is 2.35. The second kappa shape index (κ2) is 3.78. The quantitative estimate of drug-likeness (QED) is 0.625. The summed E-state index contributed by atoms with van der Waals surface area (Å²) >= 11 is 0. The topological polar surface area (TPSA) is 23.8 Å². The van der Waals surface area contributed by atoms with Crippen molar-refractivity contribution in [3.8, 4) is 6.07 Å². The first kappa shape index (κ1) is 7.81. The Morgan fingerprint density at radius 2 is 2.00 bits per heavy atom. The van der Waals surface area contributed by atoms with E-state index in [1.807, 2.05) is 43.7 Å². The molecule has 0 aliphatic rings. The van der Waals surface area contributed by atoms with E-state index in [0.29, 0.717) is 0 Å². The molecule has 11 heavy (non-hydrogen) atoms. The van der Waals surface area contributed by atoms with Crippen molar-refractivity contribution in [2.45, 2.75) is 12.8 Å². The maximum atomic E-state index is 8.70. The molecule has 0 N–H and O–H groups in total. The van der Waals surface area contributed by atoms with Crippen molar-refractivity contribution in [3.05, 3.63) is 42.3 Å². The fraction of sp³-hybridized carbons (Fsp3) is 0.200. The van der Waals surface area contributed by atoms with E-state index < -0.39 is 0 Å². The zero-order valence-corrected chi connectivity index (χ0v) is 6.49. The van der Waals surface area contributed by atoms with Crippen molar-refractivity contribution in [1.82, 2.24) is 0 Å². The molecule has 0 aromatic heterocycles. The normalized spacial score (nSPS) is 12.0. The number of benzene rings is 1. The minimum atomic E-state index is -0.0591. The van der Waals surface area contributed by atoms with Gasteiger partial charge in [0.15, 0.2) is 0 Å². The Kier molecular flexibility index (Phi) is 2.68. The average molecular weight is 144 g/mol. The molecule has 0 saturated heterocycles. The van der Waals surface area contributed by atoms with Gasteiger partial charge >= 0.3 is 0 Å². The Labute approximate surface area is 67.3 Å². The summed E-state index contributed by atoms with van der Waals surface area (Å²) in [6, 6.07) is 12.0. The molecule has 1 unspecified atom stereocenters. The molecule has 1 aromatic rings. The molecular weight excluding hydrogens is 134 g/mol. The predicted molar refractivity (Wildman–Crippen MR) is 44.8 cm³/mol. The van der Waals surface area contributed by atoms with Crippen LogP contribution in [0.4, 0.5) is 0 Å². The van der Waals surface area contributed by atoms with Gasteiger partial charge in [0.25, 0.3) is 0 Å². The molecule has 0 saturated carbocycles. The minimum absolute atomic E-state index is 0.0591. The van der Waals surface area contributed by atoms with Gasteiger partial charge in [-0.1, -0.05) is 37.3 Å². The van der Waals surface area contributed by atoms with Crippen LogP contribution in [-0.2, 0) is 0 Å². The smallest absolute Gasteiger partial charge is 0.0741 e. The number of rotatable bonds is 2. The SMILES string of the molecule is C[CH]C(C#N)c1ccccc1. The monoisotopic (exact) mass is 144 g/mol. The first-order chi connectivity index (χ1) is 5.38. The summed E-state index contributed by atoms with van der Waals surface area (Å²) in [4.78, 5) is 0. The second-order valence-corrected chi connectivity index (χ2v) is 2.35. The largest absolute Gasteiger partial charge is 0.198 e. The molecule has 1 heteroatoms. The lowest BCUT2D eigenvalue weighted by Gasteiger charge is -2.03. The number of nitrogens with zero attached hydrogens (tertiary/aromatic N) is 1. The molecule has 0 spiro atoms. The summed E-state index contributed by atoms with van der Waals surface area (Å²) in [6.45, 7) is 1.90. The highest BCUT2D eigenvalue weighted by molar-refractivity contribution is 5.27. The van der Waals surface area contributed by atoms with Crippen LogP contribution in [-0.4, -0.2) is 0 Å². The summed E-state index contributed by atoms with van der Waals surface area (Å²) in [5, 5.41) is 8.70. The van der Waals surface area contributed by atoms with Crippen LogP contribution >= 0.6 is 0 Å². The molecule has 1 radical (unpaired) electrons. The van der Waals surface area contributed by atoms with Gasteiger partial charge < -0.3 is 0 Å². The summed E-state index contributed by atoms with van der Waals surface area (Å²) in [5.74, 6) is -0.0591. The highest BCUT2D eigenvalue weighted by Gasteiger charge is 2.05. The Morgan fingerprint density at radius 1 is 1.36 bits per heavy atom. The van der Waals surface area contributed by atoms with Crippen LogP contribution in [0.3, 0.4) is 0 Å². The van der Waals surface area contributed by atoms with Crippen molar-refractivity contribution in [2.75, 3.05) is 0 Å². The number of hydrogen-bond donors (Lipinski definition) is 0. The fourth-order valence-corrected chi connectivity index (χ4v) is 1.00. The minimum Gasteiger partial charge on any atom is -0.198 e. The van der Waals surface area contributed by atoms with Crippen LogP contribution in [0.15, 0.2) is 30.3 Å². The van der Waals surface area contributed by atoms with Crippen LogP contribution in [0.5, 0.6) is 0 Å². The van der Waals surface area contributed by atoms with E-state index in [9.17, 15) is 0 Å². The molecule has 0 amide bonds. The number of nitriles is 1. The highest BCUT2D eigenvalue weighted by atomic mass is 14.3. The van der Waals surface area contributed by atoms with Gasteiger partial charge in [-0.25, -0.2) is 0 Å². The Morgan fingerprint density at radius 3 is 2.45 bits per heavy atom. The third-order valence-corrected chi connectivity index (χ3v) is 1.63. The lowest BCUT2D eigenvalue weighted by molar-refractivity contribution is 0.997. The van der Waals surface area contributed by atoms with E-state index >= 15 is 0 Å². The molecule has 0 fully saturated rings. The lowest BCUT2D eigenvalue weighted by Crippen LogP contribution is -1.92. The van der Waals surface area contributed by atoms with Gasteiger partial charge in [0, 0.05) is 0 Å². The molecule has 1 atom stereocenters. The van der Waals surface area contributed by atoms with E-state index in [-0.39, 0.29) is 5.92 Å². The lowest BCUT2D eigenvalue weighted by atomic mass is 9.99. The molecule has 0 aliphatic heterocycles. The van der Waals surface area contributed by atoms with Gasteiger partial charge in [-0.05, 0) is 12.0 Å². The van der Waals surface area contributed by atoms with Crippen molar-refractivity contribution >= 4 is 0 Å². The van der Waals surface area contributed by atoms with Crippen LogP contribution in [0.2, 0.25) is 0 Å². The highest BCUT2D eigenvalue weighted by Crippen LogP contribution is 2.16. The zero-order chi connectivity index (χ0) is 8.10. The van der Waals surface area contributed by atoms with Gasteiger partial charge in [-0.3, -0.25) is 0 Å². The van der Waals surface area contributed by atoms with Crippen molar-refractivity contribution in [1.29, 1.82) is 5.26 Å². The van der Waals surface area contributed by atoms with Crippen LogP contribution in [0.1, 0.15) is 18.4 Å². The van der Waals surface area contributed by atoms with Crippen molar-refractivity contribution < 1.29 is 0 Å². The first-order valence-corrected chi connectivity index (χ1v) is 3.62. The van der Waals surface area contributed by atoms with Gasteiger partial charge in [-0.15, -0.1) is 0 Å². The van der Waals surface area contributed by atoms with Crippen molar-refractivity contribution in [2.24, 2.45) is 0 Å². The maximum absolute atomic E-state index is 8.70. The standard InChI is InChI=1S/C10H10N/c1-2-9(8-11)10-6-4-3-5-7-10/h2-7,9H,1H3. The van der Waals surface area contributed by atoms with E-state index in [1.165, 1.54) is 0 Å². The van der Waals surface area contributed by atoms with E-state index in [2.05, 4.69) is 6.07 Å². The first-order valence-electron chi connectivity index (χ1n) is 3.62. The Hall–Kier alpha value is -1.29. The number of hydrogen-bond acceptors (Lipinski definition) is 1. The van der Waals surface area contributed by atoms with Crippen molar-refractivity contribution in [3.63, 3.8) is 0 Å². The third kappa shape index (κ3) is 1.81. The van der Waals surface area contributed by atoms with E-state index in [4.69, 9.17) is 5.26 Å². The third-order valence-electron chi connectivity index (χ3n) is 1.63. The van der Waals surface area contributed by atoms with Gasteiger partial charge in [0.2, 0.25) is 0 Å². The molecule has 1 aromatic carbocycles. The van der Waals surface area contributed by atoms with Gasteiger partial charge in [0.05, 0.1) is 12.0 Å². The predicted octanol–water partition coefficient (Wildman–Crippen LogP) is 2.52. The Bertz CT molecular complexity index is 245. The van der Waals surface area contributed by atoms with E-state index in [0.717, 1.165) is 5.56 Å². The Balaban J connectivity index is 2.85. The molecular formula is C10H10N. The zero-order valence-electron chi connectivity index (χ0n) is 6.49. The molecule has 0 heterocycles. The summed E-state index contributed by atoms with van der Waals surface area (Å²) < 4.78 is 0. The molecule has 1 nitrogen and oxygen atoms in total. The summed E-state index contributed by atoms with van der Waals surface area (Å²) in [7, 11) is 0. The average Bonchev–Trinajstić information content (AvgIpc) is 2.09. The van der Waals surface area contributed by atoms with Crippen LogP contribution in [0.25, 0.3) is 0 Å². The molecule has 55 valence electrons. The summed E-state index contributed by atoms with van der Waals surface area (Å²) in [6.07, 6.45) is 1.90. The molecule has 0 bridgehead atoms. The summed E-state index contributed by atoms with van der Waals surface area (Å²) in [5.41, 5.74) is 1.07. The van der Waals surface area contributed by atoms with Crippen LogP contribution in [0, 0.1) is 17.8 Å². The van der Waals surface area contributed by atoms with Gasteiger partial charge in [0.1, 0.15) is 0 Å². The van der Waals surface area contributed by atoms with Gasteiger partial charge in [-0.2, -0.15) is 5.26 Å².